The average Bonchev–Trinajstić information content (AvgIpc) is 1.49. The van der Waals surface area contributed by atoms with Crippen molar-refractivity contribution in [2.24, 2.45) is 16.8 Å². The molecule has 686 valence electrons. The number of rotatable bonds is 7. The quantitative estimate of drug-likeness (QED) is 0.0256. The summed E-state index contributed by atoms with van der Waals surface area (Å²) in [7, 11) is 0. The Labute approximate surface area is 769 Å². The smallest absolute Gasteiger partial charge is 0.439 e. The van der Waals surface area contributed by atoms with Crippen molar-refractivity contribution in [2.75, 3.05) is 19.6 Å². The Morgan fingerprint density at radius 2 is 0.677 bits per heavy atom. The maximum Gasteiger partial charge on any atom is 0.439 e. The molecule has 4 unspecified atom stereocenters. The third-order valence-corrected chi connectivity index (χ3v) is 26.1. The van der Waals surface area contributed by atoms with Crippen LogP contribution in [-0.2, 0) is 14.2 Å². The number of ether oxygens (including phenoxy) is 7. The first-order valence-corrected chi connectivity index (χ1v) is 44.6. The third-order valence-electron chi connectivity index (χ3n) is 25.9. The SMILES string of the molecule is CC(C)(C)OC(=O)N1[C@@H]2CC[C@H]1CC(N1c3ccccc3Oc3cc(-c4noc(=O)[nH]4)ccc31)C2.CC(C)(C)OC(=O)N1[C@@H]2CC[C@H]1CC(N1c3ccccc3Oc3cc(/C(N)=N/O)ccc31)C2.CC(C)(C)OC(=O)N1[C@@H]2CC[C@H]1CC(N1c3ccccc3Oc3cc(Cl)ccc31)C2.Cl.Cl.NO.O=c1[nH]c(-c2ccc3c(c2)Oc2ccccc2N3C2C[C@H]3CC[C@@H](C2)N3)no1. The van der Waals surface area contributed by atoms with E-state index < -0.39 is 28.3 Å². The Kier molecular flexibility index (Phi) is 26.0. The monoisotopic (exact) mass is 1830 g/mol. The van der Waals surface area contributed by atoms with Gasteiger partial charge in [0.1, 0.15) is 16.8 Å². The number of halogens is 3. The minimum absolute atomic E-state index is 0. The maximum absolute atomic E-state index is 13.0. The average molecular weight is 1840 g/mol. The minimum Gasteiger partial charge on any atom is -0.453 e. The molecule has 130 heavy (non-hydrogen) atoms. The number of aromatic nitrogens is 4. The zero-order valence-electron chi connectivity index (χ0n) is 73.8. The normalized spacial score (nSPS) is 23.4. The number of amides is 3. The molecule has 8 bridgehead atoms. The molecule has 8 fully saturated rings. The molecule has 0 spiro atoms. The van der Waals surface area contributed by atoms with E-state index in [-0.39, 0.29) is 103 Å². The van der Waals surface area contributed by atoms with Gasteiger partial charge in [-0.05, 0) is 280 Å². The third kappa shape index (κ3) is 18.6. The molecule has 0 radical (unpaired) electrons. The highest BCUT2D eigenvalue weighted by Crippen LogP contribution is 2.57. The van der Waals surface area contributed by atoms with Gasteiger partial charge in [0, 0.05) is 100 Å². The minimum atomic E-state index is -0.599. The van der Waals surface area contributed by atoms with E-state index >= 15 is 0 Å². The van der Waals surface area contributed by atoms with Crippen molar-refractivity contribution < 1.29 is 67.0 Å². The molecule has 12 aliphatic rings. The standard InChI is InChI=1S/C26H28N4O5.C25H30N4O4.C24H27ClN2O3.C21H20N4O3.2ClH.H3NO/c1-26(2,3)34-25(32)29-16-9-10-17(29)14-18(13-16)30-19-6-4-5-7-21(19)33-22-12-15(8-11-20(22)30)23-27-24(31)35-28-23;1-25(2,3)33-24(30)28-16-9-10-17(28)14-18(13-16)29-19-6-4-5-7-21(19)32-22-12-15(23(26)27-31)8-11-20(22)29;1-24(2,3)30-23(28)26-16-9-10-17(26)14-18(13-16)27-19-6-4-5-7-21(19)29-22-12-15(25)8-11-20(22)27;26-21-23-20(24-28-21)12-5-8-17-19(9-12)27-18-4-2-1-3-16(18)25(17)15-10-13-6-7-14(11-15)22-13;;;1-2/h4-8,11-12,16-18H,9-10,13-14H2,1-3H3,(H,27,28,31);4-8,11-12,16-18,31H,9-10,13-14H2,1-3H3,(H2,26,27);4-8,11-12,16-18H,9-10,13-14H2,1-3H3;1-5,8-9,13-15,22H,6-7,10-11H2,(H,23,24,26);2*1H;2H,1H2/t3*16-,17+,18?;13-,14+,15?;;;. The van der Waals surface area contributed by atoms with Gasteiger partial charge in [0.2, 0.25) is 0 Å². The molecule has 34 heteroatoms. The van der Waals surface area contributed by atoms with Crippen molar-refractivity contribution >= 4 is 106 Å². The lowest BCUT2D eigenvalue weighted by molar-refractivity contribution is 0.00500. The Morgan fingerprint density at radius 3 is 0.985 bits per heavy atom. The van der Waals surface area contributed by atoms with E-state index in [4.69, 9.17) is 60.9 Å². The number of nitrogens with zero attached hydrogens (tertiary/aromatic N) is 10. The van der Waals surface area contributed by atoms with Gasteiger partial charge in [0.15, 0.2) is 63.5 Å². The van der Waals surface area contributed by atoms with Gasteiger partial charge in [0.05, 0.1) is 45.5 Å². The van der Waals surface area contributed by atoms with Crippen LogP contribution in [0, 0.1) is 0 Å². The molecule has 14 heterocycles. The highest BCUT2D eigenvalue weighted by molar-refractivity contribution is 6.30. The summed E-state index contributed by atoms with van der Waals surface area (Å²) in [5, 5.41) is 30.7. The van der Waals surface area contributed by atoms with Gasteiger partial charge < -0.3 is 88.9 Å². The van der Waals surface area contributed by atoms with Crippen LogP contribution in [0.25, 0.3) is 22.8 Å². The predicted octanol–water partition coefficient (Wildman–Crippen LogP) is 20.4. The van der Waals surface area contributed by atoms with E-state index in [1.807, 2.05) is 204 Å². The van der Waals surface area contributed by atoms with Gasteiger partial charge in [-0.3, -0.25) is 19.0 Å². The Balaban J connectivity index is 0.000000126. The van der Waals surface area contributed by atoms with Crippen LogP contribution in [0.5, 0.6) is 46.0 Å². The highest BCUT2D eigenvalue weighted by atomic mass is 35.5. The van der Waals surface area contributed by atoms with Crippen LogP contribution in [0.1, 0.15) is 171 Å². The molecular weight excluding hydrogens is 1730 g/mol. The van der Waals surface area contributed by atoms with Gasteiger partial charge in [-0.2, -0.15) is 0 Å². The maximum atomic E-state index is 13.0. The Hall–Kier alpha value is -12.1. The van der Waals surface area contributed by atoms with E-state index in [0.29, 0.717) is 57.4 Å². The second-order valence-corrected chi connectivity index (χ2v) is 38.2. The van der Waals surface area contributed by atoms with Gasteiger partial charge in [-0.1, -0.05) is 75.6 Å². The van der Waals surface area contributed by atoms with Crippen LogP contribution in [0.3, 0.4) is 0 Å². The lowest BCUT2D eigenvalue weighted by Crippen LogP contribution is -2.53. The Bertz CT molecular complexity index is 5930. The van der Waals surface area contributed by atoms with E-state index in [2.05, 4.69) is 102 Å². The first kappa shape index (κ1) is 91.2. The summed E-state index contributed by atoms with van der Waals surface area (Å²) >= 11 is 6.24. The number of anilines is 8. The fourth-order valence-corrected chi connectivity index (χ4v) is 21.2. The molecule has 22 rings (SSSR count). The van der Waals surface area contributed by atoms with Gasteiger partial charge in [-0.15, -0.1) is 24.8 Å². The van der Waals surface area contributed by atoms with Gasteiger partial charge in [0.25, 0.3) is 0 Å². The number of piperidine rings is 4. The topological polar surface area (TPSA) is 373 Å². The number of hydrogen-bond acceptors (Lipinski definition) is 25. The molecular formula is C96H110Cl3N15O16. The predicted molar refractivity (Wildman–Crippen MR) is 497 cm³/mol. The number of para-hydroxylation sites is 8. The fraction of sp³-hybridized carbons (Fsp3) is 0.417. The number of nitrogens with two attached hydrogens (primary N) is 2. The van der Waals surface area contributed by atoms with Gasteiger partial charge in [-0.25, -0.2) is 29.9 Å². The first-order valence-electron chi connectivity index (χ1n) is 44.2. The van der Waals surface area contributed by atoms with Crippen molar-refractivity contribution in [3.05, 3.63) is 202 Å². The molecule has 8 saturated heterocycles. The number of fused-ring (bicyclic) bond motifs is 16. The van der Waals surface area contributed by atoms with Crippen molar-refractivity contribution in [1.82, 2.24) is 40.3 Å². The zero-order chi connectivity index (χ0) is 89.4. The summed E-state index contributed by atoms with van der Waals surface area (Å²) in [6.45, 7) is 17.2. The lowest BCUT2D eigenvalue weighted by Gasteiger charge is -2.45. The molecule has 31 nitrogen and oxygen atoms in total. The second-order valence-electron chi connectivity index (χ2n) is 37.7. The van der Waals surface area contributed by atoms with Crippen molar-refractivity contribution in [3.63, 3.8) is 0 Å². The molecule has 0 saturated carbocycles. The summed E-state index contributed by atoms with van der Waals surface area (Å²) in [5.41, 5.74) is 14.6. The number of benzene rings is 8. The van der Waals surface area contributed by atoms with E-state index in [9.17, 15) is 24.0 Å². The Morgan fingerprint density at radius 1 is 0.392 bits per heavy atom. The lowest BCUT2D eigenvalue weighted by atomic mass is 9.94. The zero-order valence-corrected chi connectivity index (χ0v) is 76.2. The van der Waals surface area contributed by atoms with Crippen LogP contribution in [0.4, 0.5) is 59.9 Å². The van der Waals surface area contributed by atoms with E-state index in [0.717, 1.165) is 175 Å². The molecule has 10 aromatic rings. The highest BCUT2D eigenvalue weighted by Gasteiger charge is 2.52. The van der Waals surface area contributed by atoms with Crippen molar-refractivity contribution in [2.45, 2.75) is 254 Å². The van der Waals surface area contributed by atoms with Crippen LogP contribution >= 0.6 is 36.4 Å². The number of hydrogen-bond donors (Lipinski definition) is 7. The van der Waals surface area contributed by atoms with Crippen molar-refractivity contribution in [1.29, 1.82) is 0 Å². The number of carbonyl (C=O) groups excluding carboxylic acids is 3. The van der Waals surface area contributed by atoms with Crippen LogP contribution < -0.4 is 67.0 Å². The summed E-state index contributed by atoms with van der Waals surface area (Å²) in [6, 6.07) is 58.7. The number of H-pyrrole nitrogens is 2. The summed E-state index contributed by atoms with van der Waals surface area (Å²) in [4.78, 5) is 82.1. The largest absolute Gasteiger partial charge is 0.453 e. The van der Waals surface area contributed by atoms with Crippen LogP contribution in [0.2, 0.25) is 5.02 Å². The summed E-state index contributed by atoms with van der Waals surface area (Å²) in [5.74, 6) is 9.27. The second kappa shape index (κ2) is 37.0. The van der Waals surface area contributed by atoms with E-state index in [1.54, 1.807) is 6.07 Å². The molecule has 12 aliphatic heterocycles. The summed E-state index contributed by atoms with van der Waals surface area (Å²) < 4.78 is 51.3. The summed E-state index contributed by atoms with van der Waals surface area (Å²) in [6.07, 6.45) is 15.4. The molecule has 8 aromatic carbocycles. The van der Waals surface area contributed by atoms with E-state index in [1.165, 1.54) is 12.8 Å². The number of carbonyl (C=O) groups is 3. The molecule has 12 atom stereocenters. The first-order chi connectivity index (χ1) is 61.6. The fourth-order valence-electron chi connectivity index (χ4n) is 21.1. The number of oxime groups is 1. The molecule has 0 aliphatic carbocycles. The van der Waals surface area contributed by atoms with Gasteiger partial charge >= 0.3 is 29.8 Å². The molecule has 2 aromatic heterocycles. The van der Waals surface area contributed by atoms with Crippen LogP contribution in [-0.4, -0.2) is 159 Å². The van der Waals surface area contributed by atoms with Crippen molar-refractivity contribution in [3.8, 4) is 68.8 Å². The molecule has 3 amide bonds. The van der Waals surface area contributed by atoms with Crippen LogP contribution in [0.15, 0.2) is 194 Å². The molecule has 9 N–H and O–H groups in total. The number of amidine groups is 1. The number of nitrogens with one attached hydrogen (secondary N) is 3. The number of aromatic amines is 2.